The fraction of sp³-hybridized carbons (Fsp3) is 0.389. The van der Waals surface area contributed by atoms with Gasteiger partial charge < -0.3 is 4.90 Å². The summed E-state index contributed by atoms with van der Waals surface area (Å²) in [6.07, 6.45) is 5.34. The molecule has 0 bridgehead atoms. The van der Waals surface area contributed by atoms with Crippen molar-refractivity contribution in [1.82, 2.24) is 4.98 Å². The minimum absolute atomic E-state index is 0.107. The molecule has 5 nitrogen and oxygen atoms in total. The van der Waals surface area contributed by atoms with Crippen molar-refractivity contribution in [3.63, 3.8) is 0 Å². The molecule has 0 atom stereocenters. The van der Waals surface area contributed by atoms with Crippen molar-refractivity contribution in [3.8, 4) is 0 Å². The van der Waals surface area contributed by atoms with Crippen LogP contribution >= 0.6 is 0 Å². The average molecular weight is 345 g/mol. The number of aryl methyl sites for hydroxylation is 1. The van der Waals surface area contributed by atoms with E-state index in [1.165, 1.54) is 12.8 Å². The molecule has 0 saturated carbocycles. The van der Waals surface area contributed by atoms with E-state index in [4.69, 9.17) is 0 Å². The molecule has 1 aliphatic heterocycles. The van der Waals surface area contributed by atoms with Crippen LogP contribution in [0.3, 0.4) is 0 Å². The number of nitrogens with one attached hydrogen (secondary N) is 1. The molecule has 6 heteroatoms. The van der Waals surface area contributed by atoms with E-state index in [0.29, 0.717) is 12.1 Å². The van der Waals surface area contributed by atoms with E-state index in [9.17, 15) is 8.42 Å². The van der Waals surface area contributed by atoms with Crippen molar-refractivity contribution in [3.05, 3.63) is 54.2 Å². The highest BCUT2D eigenvalue weighted by molar-refractivity contribution is 7.92. The molecule has 0 spiro atoms. The van der Waals surface area contributed by atoms with Gasteiger partial charge in [-0.2, -0.15) is 0 Å². The van der Waals surface area contributed by atoms with Crippen LogP contribution in [0.4, 0.5) is 11.5 Å². The first-order valence-corrected chi connectivity index (χ1v) is 10.0. The molecule has 0 amide bonds. The van der Waals surface area contributed by atoms with E-state index in [2.05, 4.69) is 14.6 Å². The van der Waals surface area contributed by atoms with Gasteiger partial charge in [0.2, 0.25) is 10.0 Å². The van der Waals surface area contributed by atoms with Crippen LogP contribution in [0.25, 0.3) is 0 Å². The van der Waals surface area contributed by atoms with Crippen molar-refractivity contribution in [2.75, 3.05) is 28.5 Å². The minimum Gasteiger partial charge on any atom is -0.357 e. The van der Waals surface area contributed by atoms with Gasteiger partial charge in [0.1, 0.15) is 5.82 Å². The predicted octanol–water partition coefficient (Wildman–Crippen LogP) is 3.06. The van der Waals surface area contributed by atoms with Crippen molar-refractivity contribution < 1.29 is 8.42 Å². The van der Waals surface area contributed by atoms with Crippen molar-refractivity contribution in [1.29, 1.82) is 0 Å². The Morgan fingerprint density at radius 3 is 2.46 bits per heavy atom. The number of anilines is 2. The highest BCUT2D eigenvalue weighted by Crippen LogP contribution is 2.19. The first-order valence-electron chi connectivity index (χ1n) is 8.38. The van der Waals surface area contributed by atoms with Gasteiger partial charge in [-0.25, -0.2) is 13.4 Å². The summed E-state index contributed by atoms with van der Waals surface area (Å²) in [4.78, 5) is 6.59. The van der Waals surface area contributed by atoms with E-state index < -0.39 is 10.0 Å². The molecule has 128 valence electrons. The van der Waals surface area contributed by atoms with Gasteiger partial charge in [-0.05, 0) is 43.4 Å². The quantitative estimate of drug-likeness (QED) is 0.838. The number of rotatable bonds is 7. The van der Waals surface area contributed by atoms with Gasteiger partial charge in [0.15, 0.2) is 0 Å². The van der Waals surface area contributed by atoms with E-state index in [-0.39, 0.29) is 5.75 Å². The molecule has 1 aliphatic rings. The van der Waals surface area contributed by atoms with Gasteiger partial charge in [-0.3, -0.25) is 4.72 Å². The normalized spacial score (nSPS) is 14.8. The number of aromatic nitrogens is 1. The van der Waals surface area contributed by atoms with Crippen molar-refractivity contribution >= 4 is 21.5 Å². The molecule has 2 heterocycles. The maximum atomic E-state index is 12.2. The fourth-order valence-corrected chi connectivity index (χ4v) is 4.03. The molecule has 2 aromatic rings. The topological polar surface area (TPSA) is 62.3 Å². The third-order valence-corrected chi connectivity index (χ3v) is 5.55. The second kappa shape index (κ2) is 7.66. The summed E-state index contributed by atoms with van der Waals surface area (Å²) in [6, 6.07) is 13.6. The second-order valence-corrected chi connectivity index (χ2v) is 7.95. The summed E-state index contributed by atoms with van der Waals surface area (Å²) in [5.74, 6) is 1.02. The Morgan fingerprint density at radius 2 is 1.79 bits per heavy atom. The zero-order chi connectivity index (χ0) is 16.8. The Bertz CT molecular complexity index is 740. The SMILES string of the molecule is O=S(=O)(CCCc1ccccc1)Nc1ccc(N2CCCC2)nc1. The van der Waals surface area contributed by atoms with E-state index in [1.807, 2.05) is 36.4 Å². The average Bonchev–Trinajstić information content (AvgIpc) is 3.10. The molecule has 1 aromatic carbocycles. The molecular weight excluding hydrogens is 322 g/mol. The van der Waals surface area contributed by atoms with Crippen LogP contribution in [0.5, 0.6) is 0 Å². The molecule has 1 N–H and O–H groups in total. The van der Waals surface area contributed by atoms with Crippen LogP contribution in [-0.2, 0) is 16.4 Å². The standard InChI is InChI=1S/C18H23N3O2S/c22-24(23,14-6-9-16-7-2-1-3-8-16)20-17-10-11-18(19-15-17)21-12-4-5-13-21/h1-3,7-8,10-11,15,20H,4-6,9,12-14H2. The summed E-state index contributed by atoms with van der Waals surface area (Å²) in [5, 5.41) is 0. The molecule has 0 unspecified atom stereocenters. The van der Waals surface area contributed by atoms with Gasteiger partial charge in [-0.15, -0.1) is 0 Å². The van der Waals surface area contributed by atoms with Gasteiger partial charge in [0.25, 0.3) is 0 Å². The number of benzene rings is 1. The Morgan fingerprint density at radius 1 is 1.04 bits per heavy atom. The van der Waals surface area contributed by atoms with E-state index in [0.717, 1.165) is 30.9 Å². The molecule has 24 heavy (non-hydrogen) atoms. The number of nitrogens with zero attached hydrogens (tertiary/aromatic N) is 2. The lowest BCUT2D eigenvalue weighted by Gasteiger charge is -2.16. The molecule has 0 aliphatic carbocycles. The van der Waals surface area contributed by atoms with Crippen LogP contribution in [0.1, 0.15) is 24.8 Å². The Labute approximate surface area is 143 Å². The number of sulfonamides is 1. The van der Waals surface area contributed by atoms with Gasteiger partial charge >= 0.3 is 0 Å². The second-order valence-electron chi connectivity index (χ2n) is 6.11. The highest BCUT2D eigenvalue weighted by Gasteiger charge is 2.14. The van der Waals surface area contributed by atoms with Gasteiger partial charge in [-0.1, -0.05) is 30.3 Å². The molecule has 1 aromatic heterocycles. The Balaban J connectivity index is 1.52. The first kappa shape index (κ1) is 16.8. The lowest BCUT2D eigenvalue weighted by molar-refractivity contribution is 0.598. The zero-order valence-corrected chi connectivity index (χ0v) is 14.5. The summed E-state index contributed by atoms with van der Waals surface area (Å²) in [7, 11) is -3.34. The number of hydrogen-bond acceptors (Lipinski definition) is 4. The van der Waals surface area contributed by atoms with E-state index in [1.54, 1.807) is 12.3 Å². The summed E-state index contributed by atoms with van der Waals surface area (Å²) in [6.45, 7) is 2.05. The Hall–Kier alpha value is -2.08. The van der Waals surface area contributed by atoms with Crippen molar-refractivity contribution in [2.24, 2.45) is 0 Å². The van der Waals surface area contributed by atoms with Crippen LogP contribution in [0.2, 0.25) is 0 Å². The molecular formula is C18H23N3O2S. The molecule has 3 rings (SSSR count). The predicted molar refractivity (Wildman–Crippen MR) is 97.9 cm³/mol. The molecule has 1 saturated heterocycles. The smallest absolute Gasteiger partial charge is 0.232 e. The van der Waals surface area contributed by atoms with Crippen LogP contribution in [0.15, 0.2) is 48.7 Å². The molecule has 0 radical (unpaired) electrons. The Kier molecular flexibility index (Phi) is 5.35. The third kappa shape index (κ3) is 4.71. The number of hydrogen-bond donors (Lipinski definition) is 1. The van der Waals surface area contributed by atoms with Crippen LogP contribution in [0, 0.1) is 0 Å². The van der Waals surface area contributed by atoms with Gasteiger partial charge in [0, 0.05) is 13.1 Å². The van der Waals surface area contributed by atoms with Crippen LogP contribution in [-0.4, -0.2) is 32.2 Å². The maximum Gasteiger partial charge on any atom is 0.232 e. The number of pyridine rings is 1. The van der Waals surface area contributed by atoms with Crippen molar-refractivity contribution in [2.45, 2.75) is 25.7 Å². The van der Waals surface area contributed by atoms with Gasteiger partial charge in [0.05, 0.1) is 17.6 Å². The third-order valence-electron chi connectivity index (χ3n) is 4.17. The summed E-state index contributed by atoms with van der Waals surface area (Å²) >= 11 is 0. The summed E-state index contributed by atoms with van der Waals surface area (Å²) < 4.78 is 27.0. The minimum atomic E-state index is -3.34. The fourth-order valence-electron chi connectivity index (χ4n) is 2.92. The monoisotopic (exact) mass is 345 g/mol. The van der Waals surface area contributed by atoms with Crippen LogP contribution < -0.4 is 9.62 Å². The lowest BCUT2D eigenvalue weighted by Crippen LogP contribution is -2.20. The largest absolute Gasteiger partial charge is 0.357 e. The lowest BCUT2D eigenvalue weighted by atomic mass is 10.1. The summed E-state index contributed by atoms with van der Waals surface area (Å²) in [5.41, 5.74) is 1.68. The zero-order valence-electron chi connectivity index (χ0n) is 13.7. The molecule has 1 fully saturated rings. The first-order chi connectivity index (χ1) is 11.6. The maximum absolute atomic E-state index is 12.2. The van der Waals surface area contributed by atoms with E-state index >= 15 is 0 Å². The highest BCUT2D eigenvalue weighted by atomic mass is 32.2.